The van der Waals surface area contributed by atoms with Crippen LogP contribution in [0.5, 0.6) is 0 Å². The van der Waals surface area contributed by atoms with Gasteiger partial charge in [-0.25, -0.2) is 4.98 Å². The molecule has 0 radical (unpaired) electrons. The number of fused-ring (bicyclic) bond motifs is 1. The Morgan fingerprint density at radius 3 is 2.36 bits per heavy atom. The number of amides is 3. The summed E-state index contributed by atoms with van der Waals surface area (Å²) in [7, 11) is 1.66. The first kappa shape index (κ1) is 25.0. The topological polar surface area (TPSA) is 103 Å². The van der Waals surface area contributed by atoms with Crippen molar-refractivity contribution in [2.45, 2.75) is 45.3 Å². The molecule has 176 valence electrons. The normalized spacial score (nSPS) is 16.8. The standard InChI is InChI=1S/C23H27Cl2N5O3/c1-12(2)18(28-21(31)13(3)26-4)23(33)30-17(11-14-7-6-10-27-20(14)30)22(32)29-19-15(24)8-5-9-16(19)25/h5-10,12-13,17-18,26H,11H2,1-4H3,(H,28,31)(H,29,32)/t13-,17?,18?/m0/s1. The second kappa shape index (κ2) is 10.5. The molecule has 0 saturated carbocycles. The van der Waals surface area contributed by atoms with Crippen molar-refractivity contribution in [3.8, 4) is 0 Å². The summed E-state index contributed by atoms with van der Waals surface area (Å²) in [6.07, 6.45) is 1.84. The van der Waals surface area contributed by atoms with Crippen LogP contribution in [-0.2, 0) is 20.8 Å². The lowest BCUT2D eigenvalue weighted by atomic mass is 10.0. The first-order chi connectivity index (χ1) is 15.6. The Morgan fingerprint density at radius 2 is 1.76 bits per heavy atom. The number of aromatic nitrogens is 1. The summed E-state index contributed by atoms with van der Waals surface area (Å²) >= 11 is 12.4. The smallest absolute Gasteiger partial charge is 0.251 e. The number of carbonyl (C=O) groups excluding carboxylic acids is 3. The molecule has 1 aliphatic rings. The molecule has 0 spiro atoms. The minimum absolute atomic E-state index is 0.222. The Balaban J connectivity index is 1.94. The molecule has 2 heterocycles. The molecule has 3 N–H and O–H groups in total. The molecule has 0 bridgehead atoms. The molecular formula is C23H27Cl2N5O3. The van der Waals surface area contributed by atoms with Crippen molar-refractivity contribution in [2.75, 3.05) is 17.3 Å². The quantitative estimate of drug-likeness (QED) is 0.552. The third-order valence-electron chi connectivity index (χ3n) is 5.63. The van der Waals surface area contributed by atoms with E-state index in [0.717, 1.165) is 5.56 Å². The summed E-state index contributed by atoms with van der Waals surface area (Å²) in [5.41, 5.74) is 1.03. The van der Waals surface area contributed by atoms with Gasteiger partial charge in [0.2, 0.25) is 11.8 Å². The van der Waals surface area contributed by atoms with Gasteiger partial charge >= 0.3 is 0 Å². The zero-order chi connectivity index (χ0) is 24.3. The predicted molar refractivity (Wildman–Crippen MR) is 130 cm³/mol. The van der Waals surface area contributed by atoms with Crippen LogP contribution in [0.15, 0.2) is 36.5 Å². The minimum atomic E-state index is -0.880. The van der Waals surface area contributed by atoms with Crippen LogP contribution in [0.1, 0.15) is 26.3 Å². The van der Waals surface area contributed by atoms with E-state index in [-0.39, 0.29) is 34.0 Å². The number of halogens is 2. The molecule has 2 aromatic rings. The van der Waals surface area contributed by atoms with Crippen LogP contribution in [0, 0.1) is 5.92 Å². The Morgan fingerprint density at radius 1 is 1.09 bits per heavy atom. The summed E-state index contributed by atoms with van der Waals surface area (Å²) in [4.78, 5) is 45.3. The lowest BCUT2D eigenvalue weighted by molar-refractivity contribution is -0.130. The number of carbonyl (C=O) groups is 3. The van der Waals surface area contributed by atoms with Crippen LogP contribution in [0.25, 0.3) is 0 Å². The summed E-state index contributed by atoms with van der Waals surface area (Å²) < 4.78 is 0. The van der Waals surface area contributed by atoms with E-state index in [9.17, 15) is 14.4 Å². The number of benzene rings is 1. The molecule has 3 amide bonds. The zero-order valence-electron chi connectivity index (χ0n) is 18.9. The van der Waals surface area contributed by atoms with Crippen molar-refractivity contribution in [2.24, 2.45) is 5.92 Å². The van der Waals surface area contributed by atoms with E-state index >= 15 is 0 Å². The maximum Gasteiger partial charge on any atom is 0.251 e. The Kier molecular flexibility index (Phi) is 7.94. The summed E-state index contributed by atoms with van der Waals surface area (Å²) in [5.74, 6) is -0.999. The number of likely N-dealkylation sites (N-methyl/N-ethyl adjacent to an activating group) is 1. The fourth-order valence-corrected chi connectivity index (χ4v) is 4.11. The second-order valence-corrected chi connectivity index (χ2v) is 9.06. The number of hydrogen-bond acceptors (Lipinski definition) is 5. The fourth-order valence-electron chi connectivity index (χ4n) is 3.62. The van der Waals surface area contributed by atoms with Crippen LogP contribution in [0.3, 0.4) is 0 Å². The van der Waals surface area contributed by atoms with Crippen molar-refractivity contribution in [3.05, 3.63) is 52.1 Å². The predicted octanol–water partition coefficient (Wildman–Crippen LogP) is 3.03. The number of anilines is 2. The van der Waals surface area contributed by atoms with Crippen molar-refractivity contribution in [1.82, 2.24) is 15.6 Å². The van der Waals surface area contributed by atoms with Gasteiger partial charge in [0.1, 0.15) is 17.9 Å². The van der Waals surface area contributed by atoms with Crippen molar-refractivity contribution in [3.63, 3.8) is 0 Å². The maximum atomic E-state index is 13.7. The average Bonchev–Trinajstić information content (AvgIpc) is 3.18. The highest BCUT2D eigenvalue weighted by molar-refractivity contribution is 6.39. The molecule has 3 atom stereocenters. The van der Waals surface area contributed by atoms with Gasteiger partial charge in [0.15, 0.2) is 0 Å². The number of hydrogen-bond donors (Lipinski definition) is 3. The van der Waals surface area contributed by atoms with Gasteiger partial charge in [0, 0.05) is 12.6 Å². The Hall–Kier alpha value is -2.68. The van der Waals surface area contributed by atoms with Gasteiger partial charge in [-0.15, -0.1) is 0 Å². The summed E-state index contributed by atoms with van der Waals surface area (Å²) in [5, 5.41) is 9.00. The van der Waals surface area contributed by atoms with Crippen molar-refractivity contribution >= 4 is 52.4 Å². The number of pyridine rings is 1. The monoisotopic (exact) mass is 491 g/mol. The summed E-state index contributed by atoms with van der Waals surface area (Å²) in [6, 6.07) is 6.27. The van der Waals surface area contributed by atoms with Crippen LogP contribution in [0.4, 0.5) is 11.5 Å². The molecular weight excluding hydrogens is 465 g/mol. The SMILES string of the molecule is CN[C@@H](C)C(=O)NC(C(=O)N1c2ncccc2CC1C(=O)Nc1c(Cl)cccc1Cl)C(C)C. The van der Waals surface area contributed by atoms with Crippen molar-refractivity contribution < 1.29 is 14.4 Å². The maximum absolute atomic E-state index is 13.7. The molecule has 3 rings (SSSR count). The molecule has 1 aliphatic heterocycles. The molecule has 0 fully saturated rings. The number of nitrogens with one attached hydrogen (secondary N) is 3. The van der Waals surface area contributed by atoms with E-state index in [2.05, 4.69) is 20.9 Å². The summed E-state index contributed by atoms with van der Waals surface area (Å²) in [6.45, 7) is 5.37. The molecule has 1 aromatic carbocycles. The third kappa shape index (κ3) is 5.29. The zero-order valence-corrected chi connectivity index (χ0v) is 20.4. The second-order valence-electron chi connectivity index (χ2n) is 8.24. The fraction of sp³-hybridized carbons (Fsp3) is 0.391. The van der Waals surface area contributed by atoms with E-state index < -0.39 is 29.9 Å². The van der Waals surface area contributed by atoms with E-state index in [4.69, 9.17) is 23.2 Å². The third-order valence-corrected chi connectivity index (χ3v) is 6.26. The van der Waals surface area contributed by atoms with Gasteiger partial charge in [-0.1, -0.05) is 49.2 Å². The molecule has 8 nitrogen and oxygen atoms in total. The van der Waals surface area contributed by atoms with Crippen LogP contribution >= 0.6 is 23.2 Å². The molecule has 10 heteroatoms. The first-order valence-electron chi connectivity index (χ1n) is 10.6. The van der Waals surface area contributed by atoms with Gasteiger partial charge in [-0.2, -0.15) is 0 Å². The highest BCUT2D eigenvalue weighted by Crippen LogP contribution is 2.34. The molecule has 0 saturated heterocycles. The Labute approximate surface area is 203 Å². The van der Waals surface area contributed by atoms with Crippen LogP contribution in [0.2, 0.25) is 10.0 Å². The number of rotatable bonds is 7. The minimum Gasteiger partial charge on any atom is -0.343 e. The largest absolute Gasteiger partial charge is 0.343 e. The van der Waals surface area contributed by atoms with E-state index in [0.29, 0.717) is 5.82 Å². The van der Waals surface area contributed by atoms with Crippen LogP contribution < -0.4 is 20.9 Å². The first-order valence-corrected chi connectivity index (χ1v) is 11.4. The van der Waals surface area contributed by atoms with E-state index in [1.807, 2.05) is 19.9 Å². The highest BCUT2D eigenvalue weighted by atomic mass is 35.5. The Bertz CT molecular complexity index is 1040. The van der Waals surface area contributed by atoms with E-state index in [1.54, 1.807) is 44.4 Å². The number of para-hydroxylation sites is 1. The molecule has 1 aromatic heterocycles. The molecule has 33 heavy (non-hydrogen) atoms. The van der Waals surface area contributed by atoms with Gasteiger partial charge in [0.25, 0.3) is 5.91 Å². The van der Waals surface area contributed by atoms with Gasteiger partial charge in [0.05, 0.1) is 21.8 Å². The van der Waals surface area contributed by atoms with E-state index in [1.165, 1.54) is 4.90 Å². The van der Waals surface area contributed by atoms with Gasteiger partial charge in [-0.3, -0.25) is 19.3 Å². The van der Waals surface area contributed by atoms with Gasteiger partial charge < -0.3 is 16.0 Å². The lowest BCUT2D eigenvalue weighted by Gasteiger charge is -2.31. The lowest BCUT2D eigenvalue weighted by Crippen LogP contribution is -2.57. The van der Waals surface area contributed by atoms with Gasteiger partial charge in [-0.05, 0) is 43.7 Å². The molecule has 0 aliphatic carbocycles. The number of nitrogens with zero attached hydrogens (tertiary/aromatic N) is 2. The average molecular weight is 492 g/mol. The van der Waals surface area contributed by atoms with Crippen LogP contribution in [-0.4, -0.2) is 47.9 Å². The highest BCUT2D eigenvalue weighted by Gasteiger charge is 2.43. The van der Waals surface area contributed by atoms with Crippen molar-refractivity contribution in [1.29, 1.82) is 0 Å². The molecule has 2 unspecified atom stereocenters.